The van der Waals surface area contributed by atoms with Crippen LogP contribution in [0.15, 0.2) is 46.9 Å². The number of ether oxygens (including phenoxy) is 1. The van der Waals surface area contributed by atoms with Gasteiger partial charge in [0.05, 0.1) is 4.47 Å². The first-order valence-corrected chi connectivity index (χ1v) is 5.84. The zero-order valence-electron chi connectivity index (χ0n) is 8.93. The molecule has 0 saturated carbocycles. The first-order valence-electron chi connectivity index (χ1n) is 5.05. The molecule has 0 aliphatic carbocycles. The zero-order chi connectivity index (χ0) is 12.3. The molecule has 0 amide bonds. The maximum Gasteiger partial charge on any atom is 0.161 e. The average molecular weight is 295 g/mol. The summed E-state index contributed by atoms with van der Waals surface area (Å²) in [6.07, 6.45) is 0. The van der Waals surface area contributed by atoms with E-state index in [9.17, 15) is 10.2 Å². The molecule has 0 bridgehead atoms. The van der Waals surface area contributed by atoms with Gasteiger partial charge >= 0.3 is 0 Å². The number of hydrogen-bond acceptors (Lipinski definition) is 3. The van der Waals surface area contributed by atoms with Crippen LogP contribution in [0, 0.1) is 0 Å². The van der Waals surface area contributed by atoms with Gasteiger partial charge in [-0.2, -0.15) is 0 Å². The van der Waals surface area contributed by atoms with Gasteiger partial charge in [-0.1, -0.05) is 18.2 Å². The number of phenolic OH excluding ortho intramolecular Hbond substituents is 2. The van der Waals surface area contributed by atoms with Crippen LogP contribution in [0.5, 0.6) is 17.2 Å². The monoisotopic (exact) mass is 294 g/mol. The van der Waals surface area contributed by atoms with Crippen molar-refractivity contribution in [3.05, 3.63) is 52.5 Å². The molecule has 0 aliphatic rings. The fourth-order valence-electron chi connectivity index (χ4n) is 1.38. The van der Waals surface area contributed by atoms with Crippen molar-refractivity contribution in [1.82, 2.24) is 0 Å². The van der Waals surface area contributed by atoms with Gasteiger partial charge in [0.25, 0.3) is 0 Å². The Morgan fingerprint density at radius 1 is 1.00 bits per heavy atom. The van der Waals surface area contributed by atoms with E-state index in [4.69, 9.17) is 4.74 Å². The van der Waals surface area contributed by atoms with E-state index in [1.807, 2.05) is 0 Å². The summed E-state index contributed by atoms with van der Waals surface area (Å²) in [5, 5.41) is 18.9. The minimum Gasteiger partial charge on any atom is -0.507 e. The molecule has 0 unspecified atom stereocenters. The molecule has 0 atom stereocenters. The smallest absolute Gasteiger partial charge is 0.161 e. The van der Waals surface area contributed by atoms with Crippen LogP contribution in [0.25, 0.3) is 0 Å². The summed E-state index contributed by atoms with van der Waals surface area (Å²) in [7, 11) is 0. The van der Waals surface area contributed by atoms with Crippen LogP contribution >= 0.6 is 15.9 Å². The maximum atomic E-state index is 9.51. The van der Waals surface area contributed by atoms with Crippen LogP contribution in [0.1, 0.15) is 5.56 Å². The number of hydrogen-bond donors (Lipinski definition) is 2. The number of phenols is 2. The molecular formula is C13H11BrO3. The van der Waals surface area contributed by atoms with Crippen molar-refractivity contribution in [2.75, 3.05) is 0 Å². The van der Waals surface area contributed by atoms with Crippen LogP contribution in [0.4, 0.5) is 0 Å². The third kappa shape index (κ3) is 2.91. The lowest BCUT2D eigenvalue weighted by molar-refractivity contribution is 0.289. The summed E-state index contributed by atoms with van der Waals surface area (Å²) in [6, 6.07) is 11.9. The molecule has 0 radical (unpaired) electrons. The first-order chi connectivity index (χ1) is 8.16. The highest BCUT2D eigenvalue weighted by Crippen LogP contribution is 2.27. The molecule has 2 N–H and O–H groups in total. The molecule has 0 saturated heterocycles. The zero-order valence-corrected chi connectivity index (χ0v) is 10.5. The minimum atomic E-state index is 0.116. The standard InChI is InChI=1S/C13H11BrO3/c14-10-7-9(5-6-11(10)15)8-17-13-4-2-1-3-12(13)16/h1-7,15-16H,8H2. The molecular weight excluding hydrogens is 284 g/mol. The molecule has 2 aromatic rings. The Hall–Kier alpha value is -1.68. The maximum absolute atomic E-state index is 9.51. The fraction of sp³-hybridized carbons (Fsp3) is 0.0769. The summed E-state index contributed by atoms with van der Waals surface area (Å²) in [6.45, 7) is 0.330. The molecule has 0 aliphatic heterocycles. The molecule has 4 heteroatoms. The molecule has 88 valence electrons. The number of aromatic hydroxyl groups is 2. The van der Waals surface area contributed by atoms with Gasteiger partial charge in [0.1, 0.15) is 12.4 Å². The van der Waals surface area contributed by atoms with E-state index in [0.717, 1.165) is 5.56 Å². The number of halogens is 1. The van der Waals surface area contributed by atoms with Crippen molar-refractivity contribution in [1.29, 1.82) is 0 Å². The second kappa shape index (κ2) is 5.10. The lowest BCUT2D eigenvalue weighted by Crippen LogP contribution is -1.95. The van der Waals surface area contributed by atoms with Gasteiger partial charge in [-0.15, -0.1) is 0 Å². The van der Waals surface area contributed by atoms with Gasteiger partial charge in [0.2, 0.25) is 0 Å². The Morgan fingerprint density at radius 3 is 2.47 bits per heavy atom. The average Bonchev–Trinajstić information content (AvgIpc) is 2.32. The number of benzene rings is 2. The van der Waals surface area contributed by atoms with Gasteiger partial charge < -0.3 is 14.9 Å². The second-order valence-electron chi connectivity index (χ2n) is 3.54. The van der Waals surface area contributed by atoms with Crippen molar-refractivity contribution in [3.8, 4) is 17.2 Å². The van der Waals surface area contributed by atoms with E-state index < -0.39 is 0 Å². The normalized spacial score (nSPS) is 10.2. The fourth-order valence-corrected chi connectivity index (χ4v) is 1.81. The summed E-state index contributed by atoms with van der Waals surface area (Å²) in [5.41, 5.74) is 0.901. The molecule has 17 heavy (non-hydrogen) atoms. The SMILES string of the molecule is Oc1ccc(COc2ccccc2O)cc1Br. The van der Waals surface area contributed by atoms with Crippen LogP contribution in [0.3, 0.4) is 0 Å². The molecule has 0 heterocycles. The minimum absolute atomic E-state index is 0.116. The van der Waals surface area contributed by atoms with E-state index in [0.29, 0.717) is 16.8 Å². The van der Waals surface area contributed by atoms with E-state index in [1.165, 1.54) is 0 Å². The Bertz CT molecular complexity index is 526. The molecule has 0 spiro atoms. The predicted molar refractivity (Wildman–Crippen MR) is 68.2 cm³/mol. The van der Waals surface area contributed by atoms with Crippen molar-refractivity contribution >= 4 is 15.9 Å². The lowest BCUT2D eigenvalue weighted by Gasteiger charge is -2.08. The van der Waals surface area contributed by atoms with Crippen molar-refractivity contribution < 1.29 is 14.9 Å². The molecule has 3 nitrogen and oxygen atoms in total. The van der Waals surface area contributed by atoms with Crippen molar-refractivity contribution in [2.24, 2.45) is 0 Å². The Kier molecular flexibility index (Phi) is 3.54. The van der Waals surface area contributed by atoms with E-state index >= 15 is 0 Å². The summed E-state index contributed by atoms with van der Waals surface area (Å²) < 4.78 is 6.09. The highest BCUT2D eigenvalue weighted by Gasteiger charge is 2.03. The Labute approximate surface area is 107 Å². The topological polar surface area (TPSA) is 49.7 Å². The van der Waals surface area contributed by atoms with Crippen LogP contribution in [-0.2, 0) is 6.61 Å². The second-order valence-corrected chi connectivity index (χ2v) is 4.40. The Balaban J connectivity index is 2.08. The van der Waals surface area contributed by atoms with Crippen LogP contribution < -0.4 is 4.74 Å². The molecule has 2 aromatic carbocycles. The van der Waals surface area contributed by atoms with Gasteiger partial charge in [0, 0.05) is 0 Å². The van der Waals surface area contributed by atoms with Gasteiger partial charge in [-0.3, -0.25) is 0 Å². The quantitative estimate of drug-likeness (QED) is 0.912. The number of para-hydroxylation sites is 2. The predicted octanol–water partition coefficient (Wildman–Crippen LogP) is 3.44. The first kappa shape index (κ1) is 11.8. The van der Waals surface area contributed by atoms with Crippen LogP contribution in [-0.4, -0.2) is 10.2 Å². The lowest BCUT2D eigenvalue weighted by atomic mass is 10.2. The van der Waals surface area contributed by atoms with Crippen molar-refractivity contribution in [3.63, 3.8) is 0 Å². The summed E-state index contributed by atoms with van der Waals surface area (Å²) in [4.78, 5) is 0. The molecule has 0 fully saturated rings. The largest absolute Gasteiger partial charge is 0.507 e. The third-order valence-electron chi connectivity index (χ3n) is 2.27. The van der Waals surface area contributed by atoms with Crippen LogP contribution in [0.2, 0.25) is 0 Å². The highest BCUT2D eigenvalue weighted by molar-refractivity contribution is 9.10. The summed E-state index contributed by atoms with van der Waals surface area (Å²) in [5.74, 6) is 0.748. The summed E-state index contributed by atoms with van der Waals surface area (Å²) >= 11 is 3.23. The van der Waals surface area contributed by atoms with E-state index in [-0.39, 0.29) is 11.5 Å². The third-order valence-corrected chi connectivity index (χ3v) is 2.91. The molecule has 0 aromatic heterocycles. The van der Waals surface area contributed by atoms with E-state index in [1.54, 1.807) is 42.5 Å². The van der Waals surface area contributed by atoms with Crippen molar-refractivity contribution in [2.45, 2.75) is 6.61 Å². The van der Waals surface area contributed by atoms with Gasteiger partial charge in [-0.05, 0) is 45.8 Å². The van der Waals surface area contributed by atoms with E-state index in [2.05, 4.69) is 15.9 Å². The highest BCUT2D eigenvalue weighted by atomic mass is 79.9. The Morgan fingerprint density at radius 2 is 1.76 bits per heavy atom. The van der Waals surface area contributed by atoms with Gasteiger partial charge in [-0.25, -0.2) is 0 Å². The number of rotatable bonds is 3. The van der Waals surface area contributed by atoms with Gasteiger partial charge in [0.15, 0.2) is 11.5 Å². The molecule has 2 rings (SSSR count).